The van der Waals surface area contributed by atoms with Gasteiger partial charge < -0.3 is 20.1 Å². The zero-order valence-corrected chi connectivity index (χ0v) is 13.2. The van der Waals surface area contributed by atoms with Crippen LogP contribution >= 0.6 is 0 Å². The summed E-state index contributed by atoms with van der Waals surface area (Å²) in [4.78, 5) is 2.35. The second kappa shape index (κ2) is 8.37. The Morgan fingerprint density at radius 3 is 2.57 bits per heavy atom. The standard InChI is InChI=1S/C17H28N2O2/c1-3-21-13-10-18-14(2)15-4-6-16(7-5-15)19-11-8-17(20)9-12-19/h4-7,14,17-18,20H,3,8-13H2,1-2H3. The molecule has 1 aromatic carbocycles. The zero-order chi connectivity index (χ0) is 15.1. The highest BCUT2D eigenvalue weighted by atomic mass is 16.5. The number of rotatable bonds is 7. The summed E-state index contributed by atoms with van der Waals surface area (Å²) in [7, 11) is 0. The first-order valence-corrected chi connectivity index (χ1v) is 8.04. The fraction of sp³-hybridized carbons (Fsp3) is 0.647. The number of aliphatic hydroxyl groups excluding tert-OH is 1. The van der Waals surface area contributed by atoms with Crippen molar-refractivity contribution in [2.45, 2.75) is 38.8 Å². The van der Waals surface area contributed by atoms with Gasteiger partial charge in [0.25, 0.3) is 0 Å². The number of ether oxygens (including phenoxy) is 1. The van der Waals surface area contributed by atoms with E-state index in [0.717, 1.165) is 45.7 Å². The van der Waals surface area contributed by atoms with E-state index in [0.29, 0.717) is 6.04 Å². The maximum absolute atomic E-state index is 9.57. The topological polar surface area (TPSA) is 44.7 Å². The van der Waals surface area contributed by atoms with Crippen molar-refractivity contribution < 1.29 is 9.84 Å². The molecule has 0 radical (unpaired) electrons. The summed E-state index contributed by atoms with van der Waals surface area (Å²) in [5.41, 5.74) is 2.56. The molecule has 1 fully saturated rings. The predicted molar refractivity (Wildman–Crippen MR) is 86.8 cm³/mol. The number of anilines is 1. The van der Waals surface area contributed by atoms with E-state index in [9.17, 15) is 5.11 Å². The molecule has 1 unspecified atom stereocenters. The molecule has 0 aliphatic carbocycles. The van der Waals surface area contributed by atoms with Crippen LogP contribution in [-0.2, 0) is 4.74 Å². The second-order valence-corrected chi connectivity index (χ2v) is 5.68. The van der Waals surface area contributed by atoms with Crippen molar-refractivity contribution in [2.75, 3.05) is 37.7 Å². The SMILES string of the molecule is CCOCCNC(C)c1ccc(N2CCC(O)CC2)cc1. The fourth-order valence-electron chi connectivity index (χ4n) is 2.71. The van der Waals surface area contributed by atoms with Crippen LogP contribution in [0.3, 0.4) is 0 Å². The lowest BCUT2D eigenvalue weighted by Gasteiger charge is -2.31. The summed E-state index contributed by atoms with van der Waals surface area (Å²) < 4.78 is 5.34. The summed E-state index contributed by atoms with van der Waals surface area (Å²) >= 11 is 0. The van der Waals surface area contributed by atoms with Gasteiger partial charge in [0.1, 0.15) is 0 Å². The summed E-state index contributed by atoms with van der Waals surface area (Å²) in [6.07, 6.45) is 1.63. The van der Waals surface area contributed by atoms with E-state index in [1.165, 1.54) is 11.3 Å². The Bertz CT molecular complexity index is 400. The highest BCUT2D eigenvalue weighted by molar-refractivity contribution is 5.48. The molecule has 0 spiro atoms. The van der Waals surface area contributed by atoms with Crippen LogP contribution in [0.15, 0.2) is 24.3 Å². The van der Waals surface area contributed by atoms with Crippen LogP contribution in [0.25, 0.3) is 0 Å². The average molecular weight is 292 g/mol. The van der Waals surface area contributed by atoms with Crippen molar-refractivity contribution >= 4 is 5.69 Å². The minimum atomic E-state index is -0.116. The first-order chi connectivity index (χ1) is 10.2. The van der Waals surface area contributed by atoms with Gasteiger partial charge in [0.2, 0.25) is 0 Å². The average Bonchev–Trinajstić information content (AvgIpc) is 2.52. The molecule has 1 aliphatic rings. The molecule has 4 nitrogen and oxygen atoms in total. The van der Waals surface area contributed by atoms with Crippen LogP contribution in [-0.4, -0.2) is 44.1 Å². The van der Waals surface area contributed by atoms with Gasteiger partial charge in [-0.15, -0.1) is 0 Å². The number of nitrogens with one attached hydrogen (secondary N) is 1. The number of nitrogens with zero attached hydrogens (tertiary/aromatic N) is 1. The third-order valence-electron chi connectivity index (χ3n) is 4.12. The van der Waals surface area contributed by atoms with Crippen molar-refractivity contribution in [1.29, 1.82) is 0 Å². The summed E-state index contributed by atoms with van der Waals surface area (Å²) in [6.45, 7) is 8.50. The molecule has 1 aliphatic heterocycles. The fourth-order valence-corrected chi connectivity index (χ4v) is 2.71. The van der Waals surface area contributed by atoms with Gasteiger partial charge in [-0.1, -0.05) is 12.1 Å². The Hall–Kier alpha value is -1.10. The molecule has 2 rings (SSSR count). The first kappa shape index (κ1) is 16.3. The van der Waals surface area contributed by atoms with Gasteiger partial charge >= 0.3 is 0 Å². The van der Waals surface area contributed by atoms with Crippen molar-refractivity contribution in [2.24, 2.45) is 0 Å². The Balaban J connectivity index is 1.83. The maximum atomic E-state index is 9.57. The van der Waals surface area contributed by atoms with Gasteiger partial charge in [-0.3, -0.25) is 0 Å². The molecular formula is C17H28N2O2. The first-order valence-electron chi connectivity index (χ1n) is 8.04. The predicted octanol–water partition coefficient (Wildman–Crippen LogP) is 2.33. The molecule has 0 amide bonds. The number of benzene rings is 1. The Morgan fingerprint density at radius 1 is 1.29 bits per heavy atom. The molecular weight excluding hydrogens is 264 g/mol. The van der Waals surface area contributed by atoms with E-state index in [-0.39, 0.29) is 6.10 Å². The zero-order valence-electron chi connectivity index (χ0n) is 13.2. The molecule has 1 atom stereocenters. The van der Waals surface area contributed by atoms with Crippen molar-refractivity contribution in [1.82, 2.24) is 5.32 Å². The van der Waals surface area contributed by atoms with E-state index >= 15 is 0 Å². The lowest BCUT2D eigenvalue weighted by Crippen LogP contribution is -2.35. The Kier molecular flexibility index (Phi) is 6.49. The molecule has 0 bridgehead atoms. The van der Waals surface area contributed by atoms with Crippen LogP contribution in [0, 0.1) is 0 Å². The van der Waals surface area contributed by atoms with Gasteiger partial charge in [-0.05, 0) is 44.4 Å². The van der Waals surface area contributed by atoms with Gasteiger partial charge in [0, 0.05) is 38.0 Å². The van der Waals surface area contributed by atoms with E-state index in [4.69, 9.17) is 4.74 Å². The quantitative estimate of drug-likeness (QED) is 0.757. The number of piperidine rings is 1. The van der Waals surface area contributed by atoms with E-state index < -0.39 is 0 Å². The van der Waals surface area contributed by atoms with Gasteiger partial charge in [-0.2, -0.15) is 0 Å². The van der Waals surface area contributed by atoms with Gasteiger partial charge in [0.15, 0.2) is 0 Å². The molecule has 118 valence electrons. The molecule has 21 heavy (non-hydrogen) atoms. The summed E-state index contributed by atoms with van der Waals surface area (Å²) in [5.74, 6) is 0. The van der Waals surface area contributed by atoms with E-state index in [1.54, 1.807) is 0 Å². The Morgan fingerprint density at radius 2 is 1.95 bits per heavy atom. The summed E-state index contributed by atoms with van der Waals surface area (Å²) in [6, 6.07) is 9.10. The maximum Gasteiger partial charge on any atom is 0.0590 e. The van der Waals surface area contributed by atoms with Crippen LogP contribution in [0.4, 0.5) is 5.69 Å². The molecule has 1 aromatic rings. The van der Waals surface area contributed by atoms with Crippen molar-refractivity contribution in [3.05, 3.63) is 29.8 Å². The second-order valence-electron chi connectivity index (χ2n) is 5.68. The largest absolute Gasteiger partial charge is 0.393 e. The van der Waals surface area contributed by atoms with Crippen LogP contribution < -0.4 is 10.2 Å². The minimum absolute atomic E-state index is 0.116. The van der Waals surface area contributed by atoms with Gasteiger partial charge in [0.05, 0.1) is 12.7 Å². The minimum Gasteiger partial charge on any atom is -0.393 e. The van der Waals surface area contributed by atoms with E-state index in [2.05, 4.69) is 41.4 Å². The molecule has 1 heterocycles. The normalized spacial score (nSPS) is 18.0. The van der Waals surface area contributed by atoms with Crippen LogP contribution in [0.2, 0.25) is 0 Å². The summed E-state index contributed by atoms with van der Waals surface area (Å²) in [5, 5.41) is 13.0. The molecule has 4 heteroatoms. The monoisotopic (exact) mass is 292 g/mol. The third-order valence-corrected chi connectivity index (χ3v) is 4.12. The van der Waals surface area contributed by atoms with Crippen molar-refractivity contribution in [3.8, 4) is 0 Å². The number of aliphatic hydroxyl groups is 1. The third kappa shape index (κ3) is 4.99. The van der Waals surface area contributed by atoms with Crippen molar-refractivity contribution in [3.63, 3.8) is 0 Å². The lowest BCUT2D eigenvalue weighted by atomic mass is 10.0. The molecule has 0 saturated carbocycles. The van der Waals surface area contributed by atoms with Crippen LogP contribution in [0.5, 0.6) is 0 Å². The smallest absolute Gasteiger partial charge is 0.0590 e. The molecule has 2 N–H and O–H groups in total. The van der Waals surface area contributed by atoms with Crippen LogP contribution in [0.1, 0.15) is 38.3 Å². The highest BCUT2D eigenvalue weighted by Gasteiger charge is 2.17. The van der Waals surface area contributed by atoms with Gasteiger partial charge in [-0.25, -0.2) is 0 Å². The Labute approximate surface area is 128 Å². The molecule has 0 aromatic heterocycles. The molecule has 1 saturated heterocycles. The lowest BCUT2D eigenvalue weighted by molar-refractivity contribution is 0.145. The highest BCUT2D eigenvalue weighted by Crippen LogP contribution is 2.22. The number of hydrogen-bond acceptors (Lipinski definition) is 4. The van der Waals surface area contributed by atoms with E-state index in [1.807, 2.05) is 6.92 Å². The number of hydrogen-bond donors (Lipinski definition) is 2.